The van der Waals surface area contributed by atoms with Gasteiger partial charge in [0.1, 0.15) is 5.75 Å². The first-order chi connectivity index (χ1) is 14.5. The molecule has 0 bridgehead atoms. The molecule has 0 saturated carbocycles. The molecule has 0 amide bonds. The number of hydrogen-bond acceptors (Lipinski definition) is 6. The second-order valence-corrected chi connectivity index (χ2v) is 7.65. The van der Waals surface area contributed by atoms with Crippen molar-refractivity contribution in [2.24, 2.45) is 0 Å². The third-order valence-electron chi connectivity index (χ3n) is 4.28. The van der Waals surface area contributed by atoms with Gasteiger partial charge in [0.2, 0.25) is 0 Å². The number of nitrogens with zero attached hydrogens (tertiary/aromatic N) is 3. The number of Topliss-reactive ketones (excluding diaryl/α,β-unsaturated/α-hetero) is 1. The minimum absolute atomic E-state index is 0.00803. The summed E-state index contributed by atoms with van der Waals surface area (Å²) in [5, 5.41) is 8.72. The van der Waals surface area contributed by atoms with Gasteiger partial charge in [-0.1, -0.05) is 42.1 Å². The largest absolute Gasteiger partial charge is 0.435 e. The molecule has 0 aliphatic rings. The van der Waals surface area contributed by atoms with E-state index in [2.05, 4.69) is 14.9 Å². The molecular weight excluding hydrogens is 412 g/mol. The first-order valence-corrected chi connectivity index (χ1v) is 10.1. The van der Waals surface area contributed by atoms with Crippen LogP contribution in [0.4, 0.5) is 8.78 Å². The molecule has 1 aromatic heterocycles. The fourth-order valence-electron chi connectivity index (χ4n) is 2.81. The van der Waals surface area contributed by atoms with Crippen LogP contribution in [0.2, 0.25) is 0 Å². The smallest absolute Gasteiger partial charge is 0.387 e. The molecule has 1 atom stereocenters. The molecule has 0 aliphatic carbocycles. The molecule has 3 aromatic rings. The van der Waals surface area contributed by atoms with E-state index in [-0.39, 0.29) is 11.5 Å². The summed E-state index contributed by atoms with van der Waals surface area (Å²) in [6.07, 6.45) is 0. The van der Waals surface area contributed by atoms with Gasteiger partial charge in [0.25, 0.3) is 0 Å². The van der Waals surface area contributed by atoms with Crippen molar-refractivity contribution in [1.82, 2.24) is 14.8 Å². The molecule has 0 spiro atoms. The van der Waals surface area contributed by atoms with Crippen molar-refractivity contribution in [2.75, 3.05) is 13.7 Å². The Labute approximate surface area is 177 Å². The monoisotopic (exact) mass is 433 g/mol. The molecule has 0 unspecified atom stereocenters. The Morgan fingerprint density at radius 2 is 1.80 bits per heavy atom. The van der Waals surface area contributed by atoms with E-state index in [1.54, 1.807) is 14.0 Å². The molecule has 6 nitrogen and oxygen atoms in total. The fourth-order valence-corrected chi connectivity index (χ4v) is 3.76. The van der Waals surface area contributed by atoms with E-state index in [4.69, 9.17) is 4.74 Å². The van der Waals surface area contributed by atoms with E-state index in [1.165, 1.54) is 36.0 Å². The van der Waals surface area contributed by atoms with E-state index >= 15 is 0 Å². The van der Waals surface area contributed by atoms with E-state index < -0.39 is 11.9 Å². The Morgan fingerprint density at radius 3 is 2.43 bits per heavy atom. The number of alkyl halides is 2. The molecule has 3 rings (SSSR count). The normalized spacial score (nSPS) is 12.2. The topological polar surface area (TPSA) is 66.2 Å². The first kappa shape index (κ1) is 21.9. The molecule has 0 aliphatic heterocycles. The number of ketones is 1. The van der Waals surface area contributed by atoms with Crippen LogP contribution >= 0.6 is 11.8 Å². The van der Waals surface area contributed by atoms with Gasteiger partial charge in [-0.3, -0.25) is 9.36 Å². The molecule has 0 saturated heterocycles. The molecular formula is C21H21F2N3O3S. The summed E-state index contributed by atoms with van der Waals surface area (Å²) in [7, 11) is 1.62. The van der Waals surface area contributed by atoms with Crippen LogP contribution in [0.25, 0.3) is 11.4 Å². The predicted molar refractivity (Wildman–Crippen MR) is 110 cm³/mol. The summed E-state index contributed by atoms with van der Waals surface area (Å²) in [4.78, 5) is 12.8. The zero-order chi connectivity index (χ0) is 21.5. The van der Waals surface area contributed by atoms with Gasteiger partial charge in [-0.15, -0.1) is 10.2 Å². The molecule has 158 valence electrons. The SMILES string of the molecule is COCCn1c(S[C@H](C)C(=O)c2ccc(OC(F)F)cc2)nnc1-c1ccccc1. The number of ether oxygens (including phenoxy) is 2. The summed E-state index contributed by atoms with van der Waals surface area (Å²) in [6.45, 7) is -0.123. The molecule has 9 heteroatoms. The predicted octanol–water partition coefficient (Wildman–Crippen LogP) is 4.56. The molecule has 0 radical (unpaired) electrons. The lowest BCUT2D eigenvalue weighted by Gasteiger charge is -2.13. The van der Waals surface area contributed by atoms with E-state index in [1.807, 2.05) is 34.9 Å². The first-order valence-electron chi connectivity index (χ1n) is 9.23. The van der Waals surface area contributed by atoms with Crippen LogP contribution in [-0.4, -0.2) is 46.1 Å². The quantitative estimate of drug-likeness (QED) is 0.345. The van der Waals surface area contributed by atoms with Gasteiger partial charge in [0, 0.05) is 18.2 Å². The number of rotatable bonds is 10. The number of carbonyl (C=O) groups is 1. The van der Waals surface area contributed by atoms with E-state index in [0.717, 1.165) is 5.56 Å². The standard InChI is InChI=1S/C21H21F2N3O3S/c1-14(18(27)15-8-10-17(11-9-15)29-20(22)23)30-21-25-24-19(26(21)12-13-28-2)16-6-4-3-5-7-16/h3-11,14,20H,12-13H2,1-2H3/t14-/m1/s1. The molecule has 1 heterocycles. The maximum Gasteiger partial charge on any atom is 0.387 e. The Kier molecular flexibility index (Phi) is 7.53. The Morgan fingerprint density at radius 1 is 1.10 bits per heavy atom. The zero-order valence-electron chi connectivity index (χ0n) is 16.5. The van der Waals surface area contributed by atoms with Crippen molar-refractivity contribution >= 4 is 17.5 Å². The number of thioether (sulfide) groups is 1. The van der Waals surface area contributed by atoms with Gasteiger partial charge in [0.05, 0.1) is 18.4 Å². The number of benzene rings is 2. The Bertz CT molecular complexity index is 965. The van der Waals surface area contributed by atoms with Gasteiger partial charge in [0.15, 0.2) is 16.8 Å². The molecule has 0 fully saturated rings. The molecule has 2 aromatic carbocycles. The van der Waals surface area contributed by atoms with E-state index in [9.17, 15) is 13.6 Å². The zero-order valence-corrected chi connectivity index (χ0v) is 17.3. The van der Waals surface area contributed by atoms with Crippen molar-refractivity contribution in [2.45, 2.75) is 30.5 Å². The minimum Gasteiger partial charge on any atom is -0.435 e. The highest BCUT2D eigenvalue weighted by Crippen LogP contribution is 2.28. The van der Waals surface area contributed by atoms with Crippen LogP contribution in [0.1, 0.15) is 17.3 Å². The highest BCUT2D eigenvalue weighted by molar-refractivity contribution is 8.00. The third-order valence-corrected chi connectivity index (χ3v) is 5.36. The minimum atomic E-state index is -2.90. The van der Waals surface area contributed by atoms with Crippen molar-refractivity contribution in [3.8, 4) is 17.1 Å². The van der Waals surface area contributed by atoms with Crippen LogP contribution in [0.5, 0.6) is 5.75 Å². The second-order valence-electron chi connectivity index (χ2n) is 6.34. The summed E-state index contributed by atoms with van der Waals surface area (Å²) in [5.74, 6) is 0.558. The van der Waals surface area contributed by atoms with Crippen LogP contribution < -0.4 is 4.74 Å². The van der Waals surface area contributed by atoms with Crippen molar-refractivity contribution < 1.29 is 23.0 Å². The maximum atomic E-state index is 12.8. The van der Waals surface area contributed by atoms with Crippen molar-refractivity contribution in [3.05, 3.63) is 60.2 Å². The summed E-state index contributed by atoms with van der Waals surface area (Å²) >= 11 is 1.29. The average Bonchev–Trinajstić information content (AvgIpc) is 3.14. The number of halogens is 2. The third kappa shape index (κ3) is 5.43. The van der Waals surface area contributed by atoms with Crippen LogP contribution in [0.15, 0.2) is 59.8 Å². The highest BCUT2D eigenvalue weighted by atomic mass is 32.2. The number of methoxy groups -OCH3 is 1. The van der Waals surface area contributed by atoms with Crippen LogP contribution in [0.3, 0.4) is 0 Å². The van der Waals surface area contributed by atoms with Gasteiger partial charge in [-0.05, 0) is 31.2 Å². The van der Waals surface area contributed by atoms with Crippen LogP contribution in [-0.2, 0) is 11.3 Å². The maximum absolute atomic E-state index is 12.8. The lowest BCUT2D eigenvalue weighted by atomic mass is 10.1. The van der Waals surface area contributed by atoms with Crippen LogP contribution in [0, 0.1) is 0 Å². The van der Waals surface area contributed by atoms with Gasteiger partial charge < -0.3 is 9.47 Å². The van der Waals surface area contributed by atoms with Crippen molar-refractivity contribution in [1.29, 1.82) is 0 Å². The lowest BCUT2D eigenvalue weighted by Crippen LogP contribution is -2.15. The number of hydrogen-bond donors (Lipinski definition) is 0. The Balaban J connectivity index is 1.77. The van der Waals surface area contributed by atoms with E-state index in [0.29, 0.717) is 29.7 Å². The van der Waals surface area contributed by atoms with Gasteiger partial charge in [-0.25, -0.2) is 0 Å². The van der Waals surface area contributed by atoms with Gasteiger partial charge >= 0.3 is 6.61 Å². The Hall–Kier alpha value is -2.78. The number of carbonyl (C=O) groups excluding carboxylic acids is 1. The summed E-state index contributed by atoms with van der Waals surface area (Å²) in [5.41, 5.74) is 1.32. The summed E-state index contributed by atoms with van der Waals surface area (Å²) in [6, 6.07) is 15.3. The highest BCUT2D eigenvalue weighted by Gasteiger charge is 2.22. The average molecular weight is 433 g/mol. The van der Waals surface area contributed by atoms with Crippen molar-refractivity contribution in [3.63, 3.8) is 0 Å². The lowest BCUT2D eigenvalue weighted by molar-refractivity contribution is -0.0498. The number of aromatic nitrogens is 3. The second kappa shape index (κ2) is 10.3. The van der Waals surface area contributed by atoms with Gasteiger partial charge in [-0.2, -0.15) is 8.78 Å². The molecule has 30 heavy (non-hydrogen) atoms. The molecule has 0 N–H and O–H groups in total. The fraction of sp³-hybridized carbons (Fsp3) is 0.286. The summed E-state index contributed by atoms with van der Waals surface area (Å²) < 4.78 is 36.0.